The molecule has 0 aromatic heterocycles. The Bertz CT molecular complexity index is 304. The molecule has 0 atom stereocenters. The number of allylic oxidation sites excluding steroid dienone is 2. The molecule has 0 N–H and O–H groups in total. The van der Waals surface area contributed by atoms with Gasteiger partial charge in [0.1, 0.15) is 0 Å². The van der Waals surface area contributed by atoms with Gasteiger partial charge in [-0.3, -0.25) is 5.01 Å². The fraction of sp³-hybridized carbons (Fsp3) is 0.667. The second-order valence-electron chi connectivity index (χ2n) is 5.72. The predicted octanol–water partition coefficient (Wildman–Crippen LogP) is 3.17. The first kappa shape index (κ1) is 11.1. The molecule has 2 heteroatoms. The van der Waals surface area contributed by atoms with Crippen LogP contribution in [0.1, 0.15) is 41.5 Å². The van der Waals surface area contributed by atoms with Crippen molar-refractivity contribution in [3.63, 3.8) is 0 Å². The van der Waals surface area contributed by atoms with E-state index in [0.717, 1.165) is 0 Å². The van der Waals surface area contributed by atoms with Crippen molar-refractivity contribution in [2.45, 2.75) is 47.1 Å². The zero-order chi connectivity index (χ0) is 11.0. The summed E-state index contributed by atoms with van der Waals surface area (Å²) in [6.07, 6.45) is 4.07. The van der Waals surface area contributed by atoms with Gasteiger partial charge in [-0.1, -0.05) is 20.8 Å². The van der Waals surface area contributed by atoms with Gasteiger partial charge in [0.25, 0.3) is 0 Å². The van der Waals surface area contributed by atoms with Gasteiger partial charge in [-0.15, -0.1) is 5.10 Å². The quantitative estimate of drug-likeness (QED) is 0.575. The molecule has 1 aliphatic heterocycles. The fourth-order valence-electron chi connectivity index (χ4n) is 1.11. The zero-order valence-electron chi connectivity index (χ0n) is 10.0. The van der Waals surface area contributed by atoms with E-state index >= 15 is 0 Å². The van der Waals surface area contributed by atoms with Gasteiger partial charge < -0.3 is 0 Å². The third-order valence-corrected chi connectivity index (χ3v) is 2.20. The molecule has 0 aliphatic carbocycles. The first-order valence-corrected chi connectivity index (χ1v) is 5.02. The first-order valence-electron chi connectivity index (χ1n) is 5.02. The summed E-state index contributed by atoms with van der Waals surface area (Å²) < 4.78 is 0. The van der Waals surface area contributed by atoms with Crippen LogP contribution in [-0.2, 0) is 0 Å². The van der Waals surface area contributed by atoms with Gasteiger partial charge in [-0.25, -0.2) is 0 Å². The van der Waals surface area contributed by atoms with Crippen LogP contribution in [0.4, 0.5) is 0 Å². The Balaban J connectivity index is 3.00. The Kier molecular flexibility index (Phi) is 2.60. The third kappa shape index (κ3) is 2.49. The minimum Gasteiger partial charge on any atom is -0.259 e. The normalized spacial score (nSPS) is 17.3. The van der Waals surface area contributed by atoms with E-state index in [2.05, 4.69) is 58.7 Å². The van der Waals surface area contributed by atoms with Crippen LogP contribution in [0.2, 0.25) is 0 Å². The van der Waals surface area contributed by atoms with E-state index in [9.17, 15) is 0 Å². The molecular weight excluding hydrogens is 172 g/mol. The first-order chi connectivity index (χ1) is 6.21. The Morgan fingerprint density at radius 2 is 1.71 bits per heavy atom. The second kappa shape index (κ2) is 3.29. The average molecular weight is 192 g/mol. The summed E-state index contributed by atoms with van der Waals surface area (Å²) in [4.78, 5) is 0. The summed E-state index contributed by atoms with van der Waals surface area (Å²) in [5.74, 6) is 2.96. The monoisotopic (exact) mass is 192 g/mol. The van der Waals surface area contributed by atoms with E-state index in [-0.39, 0.29) is 11.0 Å². The SMILES string of the molecule is CC(C)(C)C1=CN(C(C)(C)C)N=C=C1. The molecule has 0 spiro atoms. The standard InChI is InChI=1S/C12H20N2/c1-11(2,3)10-7-8-13-14(9-10)12(4,5)6/h7,9H,1-6H3. The van der Waals surface area contributed by atoms with Crippen molar-refractivity contribution < 1.29 is 0 Å². The van der Waals surface area contributed by atoms with Crippen molar-refractivity contribution in [2.24, 2.45) is 10.5 Å². The van der Waals surface area contributed by atoms with E-state index in [0.29, 0.717) is 0 Å². The molecule has 2 nitrogen and oxygen atoms in total. The lowest BCUT2D eigenvalue weighted by Crippen LogP contribution is -2.34. The highest BCUT2D eigenvalue weighted by atomic mass is 15.5. The van der Waals surface area contributed by atoms with E-state index in [4.69, 9.17) is 0 Å². The molecule has 0 fully saturated rings. The molecule has 0 aromatic carbocycles. The predicted molar refractivity (Wildman–Crippen MR) is 61.1 cm³/mol. The summed E-state index contributed by atoms with van der Waals surface area (Å²) in [5.41, 5.74) is 1.45. The largest absolute Gasteiger partial charge is 0.259 e. The number of rotatable bonds is 0. The Morgan fingerprint density at radius 3 is 2.14 bits per heavy atom. The Labute approximate surface area is 87.0 Å². The van der Waals surface area contributed by atoms with Crippen molar-refractivity contribution in [3.05, 3.63) is 17.8 Å². The summed E-state index contributed by atoms with van der Waals surface area (Å²) >= 11 is 0. The van der Waals surface area contributed by atoms with Crippen LogP contribution in [0.3, 0.4) is 0 Å². The van der Waals surface area contributed by atoms with E-state index in [1.165, 1.54) is 5.57 Å². The molecule has 0 saturated carbocycles. The maximum atomic E-state index is 4.22. The fourth-order valence-corrected chi connectivity index (χ4v) is 1.11. The molecule has 78 valence electrons. The molecule has 0 saturated heterocycles. The maximum absolute atomic E-state index is 4.22. The van der Waals surface area contributed by atoms with Crippen molar-refractivity contribution in [1.82, 2.24) is 5.01 Å². The molecule has 0 bridgehead atoms. The summed E-state index contributed by atoms with van der Waals surface area (Å²) in [6.45, 7) is 13.0. The number of hydrogen-bond donors (Lipinski definition) is 0. The molecule has 1 aliphatic rings. The summed E-state index contributed by atoms with van der Waals surface area (Å²) in [5, 5.41) is 6.18. The highest BCUT2D eigenvalue weighted by Gasteiger charge is 2.23. The molecule has 0 radical (unpaired) electrons. The topological polar surface area (TPSA) is 15.6 Å². The minimum absolute atomic E-state index is 0.0256. The maximum Gasteiger partial charge on any atom is 0.0550 e. The number of hydrazone groups is 1. The van der Waals surface area contributed by atoms with Gasteiger partial charge in [0.2, 0.25) is 0 Å². The Morgan fingerprint density at radius 1 is 1.14 bits per heavy atom. The van der Waals surface area contributed by atoms with Crippen LogP contribution < -0.4 is 0 Å². The van der Waals surface area contributed by atoms with Crippen LogP contribution in [-0.4, -0.2) is 16.4 Å². The van der Waals surface area contributed by atoms with Crippen molar-refractivity contribution in [1.29, 1.82) is 0 Å². The molecular formula is C12H20N2. The Hall–Kier alpha value is -1.01. The number of hydrogen-bond acceptors (Lipinski definition) is 2. The lowest BCUT2D eigenvalue weighted by atomic mass is 9.86. The molecule has 0 unspecified atom stereocenters. The van der Waals surface area contributed by atoms with Crippen LogP contribution in [0.25, 0.3) is 0 Å². The van der Waals surface area contributed by atoms with Gasteiger partial charge in [-0.2, -0.15) is 0 Å². The number of nitrogens with zero attached hydrogens (tertiary/aromatic N) is 2. The molecule has 1 rings (SSSR count). The lowest BCUT2D eigenvalue weighted by Gasteiger charge is -2.33. The molecule has 0 aromatic rings. The van der Waals surface area contributed by atoms with Gasteiger partial charge in [0.05, 0.1) is 5.54 Å². The molecule has 1 heterocycles. The minimum atomic E-state index is 0.0256. The van der Waals surface area contributed by atoms with E-state index in [1.807, 2.05) is 11.1 Å². The summed E-state index contributed by atoms with van der Waals surface area (Å²) in [7, 11) is 0. The van der Waals surface area contributed by atoms with Crippen LogP contribution in [0, 0.1) is 5.41 Å². The lowest BCUT2D eigenvalue weighted by molar-refractivity contribution is 0.210. The van der Waals surface area contributed by atoms with E-state index < -0.39 is 0 Å². The van der Waals surface area contributed by atoms with Crippen molar-refractivity contribution >= 4 is 5.87 Å². The van der Waals surface area contributed by atoms with Crippen LogP contribution >= 0.6 is 0 Å². The zero-order valence-corrected chi connectivity index (χ0v) is 10.0. The van der Waals surface area contributed by atoms with Gasteiger partial charge in [-0.05, 0) is 31.8 Å². The smallest absolute Gasteiger partial charge is 0.0550 e. The molecule has 0 amide bonds. The van der Waals surface area contributed by atoms with Crippen LogP contribution in [0.5, 0.6) is 0 Å². The van der Waals surface area contributed by atoms with Crippen molar-refractivity contribution in [3.8, 4) is 0 Å². The second-order valence-corrected chi connectivity index (χ2v) is 5.72. The van der Waals surface area contributed by atoms with Crippen molar-refractivity contribution in [2.75, 3.05) is 0 Å². The molecule has 14 heavy (non-hydrogen) atoms. The highest BCUT2D eigenvalue weighted by Crippen LogP contribution is 2.29. The highest BCUT2D eigenvalue weighted by molar-refractivity contribution is 5.59. The van der Waals surface area contributed by atoms with Crippen LogP contribution in [0.15, 0.2) is 23.0 Å². The van der Waals surface area contributed by atoms with E-state index in [1.54, 1.807) is 0 Å². The summed E-state index contributed by atoms with van der Waals surface area (Å²) in [6, 6.07) is 0. The average Bonchev–Trinajstić information content (AvgIpc) is 2.01. The third-order valence-electron chi connectivity index (χ3n) is 2.20. The van der Waals surface area contributed by atoms with Gasteiger partial charge >= 0.3 is 0 Å². The van der Waals surface area contributed by atoms with Gasteiger partial charge in [0.15, 0.2) is 0 Å². The van der Waals surface area contributed by atoms with Gasteiger partial charge in [0, 0.05) is 18.1 Å².